The lowest BCUT2D eigenvalue weighted by atomic mass is 10.1. The molecule has 1 aliphatic rings. The van der Waals surface area contributed by atoms with E-state index in [9.17, 15) is 4.79 Å². The van der Waals surface area contributed by atoms with E-state index < -0.39 is 0 Å². The first-order chi connectivity index (χ1) is 11.3. The van der Waals surface area contributed by atoms with Crippen LogP contribution in [0.15, 0.2) is 36.4 Å². The molecule has 0 aliphatic carbocycles. The molecule has 3 rings (SSSR count). The molecule has 0 unspecified atom stereocenters. The standard InChI is InChI=1S/C18H22N2O2S/c1-2-8-19-17(21)16-13-15(14-6-4-3-5-7-14)18(23-16)20-9-11-22-12-10-20/h3-7,13H,2,8-12H2,1H3,(H,19,21). The zero-order valence-electron chi connectivity index (χ0n) is 13.4. The molecule has 0 radical (unpaired) electrons. The fourth-order valence-corrected chi connectivity index (χ4v) is 3.79. The molecule has 0 bridgehead atoms. The summed E-state index contributed by atoms with van der Waals surface area (Å²) in [7, 11) is 0. The first kappa shape index (κ1) is 16.0. The van der Waals surface area contributed by atoms with Gasteiger partial charge in [0.1, 0.15) is 0 Å². The number of amides is 1. The van der Waals surface area contributed by atoms with Gasteiger partial charge < -0.3 is 15.0 Å². The Balaban J connectivity index is 1.94. The monoisotopic (exact) mass is 330 g/mol. The quantitative estimate of drug-likeness (QED) is 0.914. The second-order valence-electron chi connectivity index (χ2n) is 5.55. The molecule has 1 aliphatic heterocycles. The molecular formula is C18H22N2O2S. The van der Waals surface area contributed by atoms with E-state index in [1.807, 2.05) is 24.3 Å². The van der Waals surface area contributed by atoms with Crippen LogP contribution < -0.4 is 10.2 Å². The molecule has 0 saturated carbocycles. The fraction of sp³-hybridized carbons (Fsp3) is 0.389. The molecule has 122 valence electrons. The van der Waals surface area contributed by atoms with Crippen LogP contribution in [0.3, 0.4) is 0 Å². The number of benzene rings is 1. The first-order valence-electron chi connectivity index (χ1n) is 8.09. The number of morpholine rings is 1. The maximum absolute atomic E-state index is 12.3. The summed E-state index contributed by atoms with van der Waals surface area (Å²) >= 11 is 1.58. The van der Waals surface area contributed by atoms with Crippen molar-refractivity contribution in [3.05, 3.63) is 41.3 Å². The van der Waals surface area contributed by atoms with Gasteiger partial charge in [-0.1, -0.05) is 37.3 Å². The number of carbonyl (C=O) groups excluding carboxylic acids is 1. The number of rotatable bonds is 5. The van der Waals surface area contributed by atoms with Crippen LogP contribution in [0.25, 0.3) is 11.1 Å². The van der Waals surface area contributed by atoms with Crippen molar-refractivity contribution in [1.29, 1.82) is 0 Å². The zero-order valence-corrected chi connectivity index (χ0v) is 14.2. The van der Waals surface area contributed by atoms with Gasteiger partial charge in [-0.2, -0.15) is 0 Å². The highest BCUT2D eigenvalue weighted by atomic mass is 32.1. The minimum absolute atomic E-state index is 0.0218. The lowest BCUT2D eigenvalue weighted by molar-refractivity contribution is 0.0957. The Morgan fingerprint density at radius 3 is 2.70 bits per heavy atom. The van der Waals surface area contributed by atoms with Crippen LogP contribution in [0.5, 0.6) is 0 Å². The van der Waals surface area contributed by atoms with Crippen LogP contribution >= 0.6 is 11.3 Å². The number of anilines is 1. The van der Waals surface area contributed by atoms with Crippen molar-refractivity contribution in [3.8, 4) is 11.1 Å². The molecular weight excluding hydrogens is 308 g/mol. The lowest BCUT2D eigenvalue weighted by Crippen LogP contribution is -2.35. The Hall–Kier alpha value is -1.85. The third-order valence-corrected chi connectivity index (χ3v) is 5.05. The minimum Gasteiger partial charge on any atom is -0.378 e. The molecule has 5 heteroatoms. The molecule has 1 fully saturated rings. The number of ether oxygens (including phenoxy) is 1. The number of thiophene rings is 1. The minimum atomic E-state index is 0.0218. The van der Waals surface area contributed by atoms with Crippen molar-refractivity contribution in [1.82, 2.24) is 5.32 Å². The average Bonchev–Trinajstić information content (AvgIpc) is 3.06. The maximum atomic E-state index is 12.3. The summed E-state index contributed by atoms with van der Waals surface area (Å²) in [5.41, 5.74) is 2.29. The number of carbonyl (C=O) groups is 1. The van der Waals surface area contributed by atoms with Crippen LogP contribution in [-0.4, -0.2) is 38.8 Å². The third kappa shape index (κ3) is 3.74. The van der Waals surface area contributed by atoms with E-state index in [2.05, 4.69) is 29.3 Å². The Morgan fingerprint density at radius 1 is 1.26 bits per heavy atom. The molecule has 1 saturated heterocycles. The second kappa shape index (κ2) is 7.62. The number of hydrogen-bond acceptors (Lipinski definition) is 4. The normalized spacial score (nSPS) is 14.7. The highest BCUT2D eigenvalue weighted by molar-refractivity contribution is 7.18. The summed E-state index contributed by atoms with van der Waals surface area (Å²) in [6.45, 7) is 5.99. The second-order valence-corrected chi connectivity index (χ2v) is 6.58. The zero-order chi connectivity index (χ0) is 16.1. The van der Waals surface area contributed by atoms with Crippen molar-refractivity contribution in [3.63, 3.8) is 0 Å². The van der Waals surface area contributed by atoms with E-state index >= 15 is 0 Å². The maximum Gasteiger partial charge on any atom is 0.261 e. The molecule has 0 spiro atoms. The Morgan fingerprint density at radius 2 is 2.00 bits per heavy atom. The van der Waals surface area contributed by atoms with Crippen LogP contribution in [0.2, 0.25) is 0 Å². The third-order valence-electron chi connectivity index (χ3n) is 3.85. The van der Waals surface area contributed by atoms with E-state index in [-0.39, 0.29) is 5.91 Å². The van der Waals surface area contributed by atoms with Gasteiger partial charge >= 0.3 is 0 Å². The van der Waals surface area contributed by atoms with Crippen LogP contribution in [-0.2, 0) is 4.74 Å². The number of hydrogen-bond donors (Lipinski definition) is 1. The summed E-state index contributed by atoms with van der Waals surface area (Å²) in [4.78, 5) is 15.4. The summed E-state index contributed by atoms with van der Waals surface area (Å²) in [5, 5.41) is 4.14. The topological polar surface area (TPSA) is 41.6 Å². The fourth-order valence-electron chi connectivity index (χ4n) is 2.64. The van der Waals surface area contributed by atoms with E-state index in [1.165, 1.54) is 5.00 Å². The van der Waals surface area contributed by atoms with Crippen molar-refractivity contribution < 1.29 is 9.53 Å². The molecule has 1 aromatic heterocycles. The van der Waals surface area contributed by atoms with Crippen LogP contribution in [0.1, 0.15) is 23.0 Å². The summed E-state index contributed by atoms with van der Waals surface area (Å²) in [6.07, 6.45) is 0.943. The Kier molecular flexibility index (Phi) is 5.31. The van der Waals surface area contributed by atoms with E-state index in [0.29, 0.717) is 6.54 Å². The molecule has 1 amide bonds. The van der Waals surface area contributed by atoms with Crippen molar-refractivity contribution in [2.24, 2.45) is 0 Å². The van der Waals surface area contributed by atoms with Gasteiger partial charge in [0, 0.05) is 25.2 Å². The van der Waals surface area contributed by atoms with E-state index in [0.717, 1.165) is 48.7 Å². The molecule has 2 heterocycles. The van der Waals surface area contributed by atoms with Gasteiger partial charge in [-0.15, -0.1) is 11.3 Å². The Bertz CT molecular complexity index is 648. The number of nitrogens with zero attached hydrogens (tertiary/aromatic N) is 1. The molecule has 1 N–H and O–H groups in total. The Labute approximate surface area is 141 Å². The predicted octanol–water partition coefficient (Wildman–Crippen LogP) is 3.39. The lowest BCUT2D eigenvalue weighted by Gasteiger charge is -2.28. The highest BCUT2D eigenvalue weighted by Gasteiger charge is 2.21. The van der Waals surface area contributed by atoms with Crippen molar-refractivity contribution >= 4 is 22.2 Å². The van der Waals surface area contributed by atoms with Gasteiger partial charge in [0.2, 0.25) is 0 Å². The van der Waals surface area contributed by atoms with E-state index in [4.69, 9.17) is 4.74 Å². The predicted molar refractivity (Wildman–Crippen MR) is 95.4 cm³/mol. The highest BCUT2D eigenvalue weighted by Crippen LogP contribution is 2.39. The van der Waals surface area contributed by atoms with Crippen LogP contribution in [0.4, 0.5) is 5.00 Å². The van der Waals surface area contributed by atoms with Gasteiger partial charge in [-0.25, -0.2) is 0 Å². The first-order valence-corrected chi connectivity index (χ1v) is 8.91. The summed E-state index contributed by atoms with van der Waals surface area (Å²) in [6, 6.07) is 12.3. The SMILES string of the molecule is CCCNC(=O)c1cc(-c2ccccc2)c(N2CCOCC2)s1. The summed E-state index contributed by atoms with van der Waals surface area (Å²) < 4.78 is 5.46. The van der Waals surface area contributed by atoms with E-state index in [1.54, 1.807) is 11.3 Å². The average molecular weight is 330 g/mol. The molecule has 23 heavy (non-hydrogen) atoms. The molecule has 0 atom stereocenters. The van der Waals surface area contributed by atoms with Gasteiger partial charge in [0.15, 0.2) is 0 Å². The van der Waals surface area contributed by atoms with Crippen molar-refractivity contribution in [2.45, 2.75) is 13.3 Å². The van der Waals surface area contributed by atoms with Crippen LogP contribution in [0, 0.1) is 0 Å². The van der Waals surface area contributed by atoms with Gasteiger partial charge in [-0.05, 0) is 18.1 Å². The van der Waals surface area contributed by atoms with Gasteiger partial charge in [0.05, 0.1) is 23.1 Å². The number of nitrogens with one attached hydrogen (secondary N) is 1. The van der Waals surface area contributed by atoms with Gasteiger partial charge in [0.25, 0.3) is 5.91 Å². The largest absolute Gasteiger partial charge is 0.378 e. The molecule has 2 aromatic rings. The smallest absolute Gasteiger partial charge is 0.261 e. The molecule has 4 nitrogen and oxygen atoms in total. The van der Waals surface area contributed by atoms with Crippen molar-refractivity contribution in [2.75, 3.05) is 37.7 Å². The summed E-state index contributed by atoms with van der Waals surface area (Å²) in [5.74, 6) is 0.0218. The van der Waals surface area contributed by atoms with Gasteiger partial charge in [-0.3, -0.25) is 4.79 Å². The molecule has 1 aromatic carbocycles.